The summed E-state index contributed by atoms with van der Waals surface area (Å²) in [7, 11) is 1.63. The number of benzene rings is 1. The van der Waals surface area contributed by atoms with E-state index in [9.17, 15) is 4.79 Å². The first kappa shape index (κ1) is 12.3. The molecule has 0 saturated heterocycles. The third-order valence-electron chi connectivity index (χ3n) is 2.55. The van der Waals surface area contributed by atoms with Crippen LogP contribution in [-0.2, 0) is 7.05 Å². The van der Waals surface area contributed by atoms with Gasteiger partial charge in [-0.05, 0) is 18.2 Å². The zero-order valence-corrected chi connectivity index (χ0v) is 10.1. The van der Waals surface area contributed by atoms with Crippen molar-refractivity contribution < 1.29 is 4.79 Å². The fourth-order valence-corrected chi connectivity index (χ4v) is 1.58. The number of carbonyl (C=O) groups is 1. The number of rotatable bonds is 2. The van der Waals surface area contributed by atoms with Crippen LogP contribution in [0.3, 0.4) is 0 Å². The summed E-state index contributed by atoms with van der Waals surface area (Å²) in [6.45, 7) is 0. The average molecular weight is 251 g/mol. The maximum Gasteiger partial charge on any atom is 0.256 e. The summed E-state index contributed by atoms with van der Waals surface area (Å²) < 4.78 is 1.41. The van der Waals surface area contributed by atoms with Crippen molar-refractivity contribution in [3.63, 3.8) is 0 Å². The highest BCUT2D eigenvalue weighted by molar-refractivity contribution is 6.04. The van der Waals surface area contributed by atoms with Crippen LogP contribution in [0.15, 0.2) is 30.5 Å². The van der Waals surface area contributed by atoms with E-state index in [0.717, 1.165) is 0 Å². The molecular formula is C13H9N5O. The van der Waals surface area contributed by atoms with Crippen LogP contribution in [0.4, 0.5) is 5.82 Å². The molecule has 0 aliphatic heterocycles. The molecule has 6 heteroatoms. The van der Waals surface area contributed by atoms with E-state index < -0.39 is 5.91 Å². The van der Waals surface area contributed by atoms with E-state index >= 15 is 0 Å². The van der Waals surface area contributed by atoms with Crippen molar-refractivity contribution in [1.29, 1.82) is 10.5 Å². The van der Waals surface area contributed by atoms with E-state index in [1.54, 1.807) is 25.2 Å². The van der Waals surface area contributed by atoms with Crippen molar-refractivity contribution in [2.45, 2.75) is 0 Å². The molecule has 0 fully saturated rings. The predicted molar refractivity (Wildman–Crippen MR) is 67.0 cm³/mol. The summed E-state index contributed by atoms with van der Waals surface area (Å²) in [5.74, 6) is -0.0629. The first-order valence-corrected chi connectivity index (χ1v) is 5.39. The maximum atomic E-state index is 12.0. The smallest absolute Gasteiger partial charge is 0.256 e. The third kappa shape index (κ3) is 2.43. The number of nitrogens with one attached hydrogen (secondary N) is 1. The Morgan fingerprint density at radius 1 is 1.37 bits per heavy atom. The lowest BCUT2D eigenvalue weighted by Gasteiger charge is -2.06. The predicted octanol–water partition coefficient (Wildman–Crippen LogP) is 1.42. The maximum absolute atomic E-state index is 12.0. The van der Waals surface area contributed by atoms with Crippen LogP contribution in [-0.4, -0.2) is 15.7 Å². The van der Waals surface area contributed by atoms with Gasteiger partial charge in [0.1, 0.15) is 17.5 Å². The molecule has 0 spiro atoms. The highest BCUT2D eigenvalue weighted by Crippen LogP contribution is 2.14. The minimum Gasteiger partial charge on any atom is -0.306 e. The van der Waals surface area contributed by atoms with Crippen LogP contribution in [0.1, 0.15) is 21.5 Å². The zero-order valence-electron chi connectivity index (χ0n) is 10.1. The van der Waals surface area contributed by atoms with Gasteiger partial charge >= 0.3 is 0 Å². The Bertz CT molecular complexity index is 717. The van der Waals surface area contributed by atoms with Crippen LogP contribution in [0, 0.1) is 22.7 Å². The van der Waals surface area contributed by atoms with Crippen LogP contribution < -0.4 is 5.32 Å². The summed E-state index contributed by atoms with van der Waals surface area (Å²) in [5.41, 5.74) is 1.04. The van der Waals surface area contributed by atoms with E-state index in [-0.39, 0.29) is 5.56 Å². The Morgan fingerprint density at radius 2 is 2.16 bits per heavy atom. The summed E-state index contributed by atoms with van der Waals surface area (Å²) in [6.07, 6.45) is 1.38. The molecule has 0 saturated carbocycles. The lowest BCUT2D eigenvalue weighted by atomic mass is 10.1. The molecule has 1 aromatic carbocycles. The number of hydrogen-bond donors (Lipinski definition) is 1. The lowest BCUT2D eigenvalue weighted by molar-refractivity contribution is 0.102. The van der Waals surface area contributed by atoms with Crippen LogP contribution in [0.5, 0.6) is 0 Å². The van der Waals surface area contributed by atoms with E-state index in [1.807, 2.05) is 12.1 Å². The van der Waals surface area contributed by atoms with E-state index in [2.05, 4.69) is 10.4 Å². The molecule has 0 atom stereocenters. The molecular weight excluding hydrogens is 242 g/mol. The number of anilines is 1. The van der Waals surface area contributed by atoms with Gasteiger partial charge in [-0.1, -0.05) is 6.07 Å². The SMILES string of the molecule is Cn1ncc(C#N)c1NC(=O)c1cccc(C#N)c1. The van der Waals surface area contributed by atoms with Gasteiger partial charge in [-0.2, -0.15) is 15.6 Å². The Kier molecular flexibility index (Phi) is 3.26. The molecule has 0 unspecified atom stereocenters. The van der Waals surface area contributed by atoms with Crippen molar-refractivity contribution in [1.82, 2.24) is 9.78 Å². The number of hydrogen-bond acceptors (Lipinski definition) is 4. The first-order chi connectivity index (χ1) is 9.15. The fourth-order valence-electron chi connectivity index (χ4n) is 1.58. The van der Waals surface area contributed by atoms with Crippen molar-refractivity contribution >= 4 is 11.7 Å². The van der Waals surface area contributed by atoms with E-state index in [1.165, 1.54) is 16.9 Å². The number of nitrogens with zero attached hydrogens (tertiary/aromatic N) is 4. The Balaban J connectivity index is 2.29. The van der Waals surface area contributed by atoms with Gasteiger partial charge in [0.15, 0.2) is 0 Å². The normalized spacial score (nSPS) is 9.42. The highest BCUT2D eigenvalue weighted by Gasteiger charge is 2.13. The molecule has 0 radical (unpaired) electrons. The lowest BCUT2D eigenvalue weighted by Crippen LogP contribution is -2.15. The molecule has 1 heterocycles. The fraction of sp³-hybridized carbons (Fsp3) is 0.0769. The molecule has 19 heavy (non-hydrogen) atoms. The Morgan fingerprint density at radius 3 is 2.84 bits per heavy atom. The van der Waals surface area contributed by atoms with Crippen molar-refractivity contribution in [3.05, 3.63) is 47.2 Å². The van der Waals surface area contributed by atoms with Gasteiger partial charge < -0.3 is 5.32 Å². The summed E-state index contributed by atoms with van der Waals surface area (Å²) in [4.78, 5) is 12.0. The molecule has 2 aromatic rings. The van der Waals surface area contributed by atoms with Gasteiger partial charge in [0, 0.05) is 12.6 Å². The zero-order chi connectivity index (χ0) is 13.8. The van der Waals surface area contributed by atoms with Gasteiger partial charge in [0.05, 0.1) is 17.8 Å². The third-order valence-corrected chi connectivity index (χ3v) is 2.55. The minimum atomic E-state index is -0.391. The molecule has 1 aromatic heterocycles. The number of nitriles is 2. The molecule has 0 bridgehead atoms. The number of aryl methyl sites for hydroxylation is 1. The second-order valence-electron chi connectivity index (χ2n) is 3.79. The van der Waals surface area contributed by atoms with Crippen molar-refractivity contribution in [3.8, 4) is 12.1 Å². The summed E-state index contributed by atoms with van der Waals surface area (Å²) in [5, 5.41) is 24.2. The van der Waals surface area contributed by atoms with Gasteiger partial charge in [-0.15, -0.1) is 0 Å². The molecule has 1 amide bonds. The number of amides is 1. The molecule has 0 aliphatic rings. The average Bonchev–Trinajstić information content (AvgIpc) is 2.79. The molecule has 0 aliphatic carbocycles. The van der Waals surface area contributed by atoms with Gasteiger partial charge in [0.2, 0.25) is 0 Å². The van der Waals surface area contributed by atoms with Gasteiger partial charge in [0.25, 0.3) is 5.91 Å². The van der Waals surface area contributed by atoms with Gasteiger partial charge in [-0.3, -0.25) is 9.48 Å². The molecule has 6 nitrogen and oxygen atoms in total. The second-order valence-corrected chi connectivity index (χ2v) is 3.79. The second kappa shape index (κ2) is 5.03. The van der Waals surface area contributed by atoms with Crippen molar-refractivity contribution in [2.75, 3.05) is 5.32 Å². The molecule has 1 N–H and O–H groups in total. The minimum absolute atomic E-state index is 0.285. The molecule has 92 valence electrons. The number of aromatic nitrogens is 2. The van der Waals surface area contributed by atoms with Crippen LogP contribution >= 0.6 is 0 Å². The first-order valence-electron chi connectivity index (χ1n) is 5.39. The standard InChI is InChI=1S/C13H9N5O/c1-18-12(11(7-15)8-16-18)17-13(19)10-4-2-3-9(5-10)6-14/h2-5,8H,1H3,(H,17,19). The van der Waals surface area contributed by atoms with E-state index in [0.29, 0.717) is 16.9 Å². The van der Waals surface area contributed by atoms with Crippen LogP contribution in [0.25, 0.3) is 0 Å². The van der Waals surface area contributed by atoms with E-state index in [4.69, 9.17) is 10.5 Å². The monoisotopic (exact) mass is 251 g/mol. The van der Waals surface area contributed by atoms with Crippen molar-refractivity contribution in [2.24, 2.45) is 7.05 Å². The highest BCUT2D eigenvalue weighted by atomic mass is 16.1. The molecule has 2 rings (SSSR count). The summed E-state index contributed by atoms with van der Waals surface area (Å²) in [6, 6.07) is 10.2. The summed E-state index contributed by atoms with van der Waals surface area (Å²) >= 11 is 0. The Hall–Kier alpha value is -3.12. The quantitative estimate of drug-likeness (QED) is 0.873. The Labute approximate surface area is 109 Å². The van der Waals surface area contributed by atoms with Gasteiger partial charge in [-0.25, -0.2) is 0 Å². The van der Waals surface area contributed by atoms with Crippen LogP contribution in [0.2, 0.25) is 0 Å². The largest absolute Gasteiger partial charge is 0.306 e. The number of carbonyl (C=O) groups excluding carboxylic acids is 1. The topological polar surface area (TPSA) is 94.5 Å².